The van der Waals surface area contributed by atoms with Crippen molar-refractivity contribution in [3.8, 4) is 6.01 Å². The van der Waals surface area contributed by atoms with Crippen LogP contribution in [0.1, 0.15) is 20.8 Å². The number of benzene rings is 1. The number of anilines is 3. The second kappa shape index (κ2) is 6.88. The summed E-state index contributed by atoms with van der Waals surface area (Å²) in [5, 5.41) is 3.08. The van der Waals surface area contributed by atoms with Crippen LogP contribution in [0.5, 0.6) is 6.01 Å². The first kappa shape index (κ1) is 16.4. The summed E-state index contributed by atoms with van der Waals surface area (Å²) in [6, 6.07) is 9.84. The fraction of sp³-hybridized carbons (Fsp3) is 0.400. The molecule has 2 unspecified atom stereocenters. The second-order valence-electron chi connectivity index (χ2n) is 5.86. The van der Waals surface area contributed by atoms with E-state index in [1.807, 2.05) is 30.3 Å². The molecule has 0 bridgehead atoms. The topological polar surface area (TPSA) is 86.0 Å². The van der Waals surface area contributed by atoms with Gasteiger partial charge in [0.05, 0.1) is 6.61 Å². The summed E-state index contributed by atoms with van der Waals surface area (Å²) in [6.45, 7) is 6.86. The Hall–Kier alpha value is -1.94. The lowest BCUT2D eigenvalue weighted by atomic mass is 9.91. The van der Waals surface area contributed by atoms with Gasteiger partial charge in [-0.25, -0.2) is 0 Å². The largest absolute Gasteiger partial charge is 0.463 e. The summed E-state index contributed by atoms with van der Waals surface area (Å²) in [5.74, 6) is 0.491. The Balaban J connectivity index is 2.10. The Bertz CT molecular complexity index is 619. The van der Waals surface area contributed by atoms with Gasteiger partial charge >= 0.3 is 6.01 Å². The van der Waals surface area contributed by atoms with Crippen LogP contribution in [0.15, 0.2) is 30.3 Å². The normalized spacial score (nSPS) is 12.7. The molecule has 0 amide bonds. The molecule has 2 aromatic rings. The summed E-state index contributed by atoms with van der Waals surface area (Å²) < 4.78 is 5.70. The summed E-state index contributed by atoms with van der Waals surface area (Å²) in [5.41, 5.74) is 6.98. The van der Waals surface area contributed by atoms with Crippen LogP contribution < -0.4 is 15.8 Å². The Kier molecular flexibility index (Phi) is 5.14. The number of hydrogen-bond acceptors (Lipinski definition) is 6. The minimum atomic E-state index is -0.0148. The van der Waals surface area contributed by atoms with E-state index in [-0.39, 0.29) is 17.4 Å². The molecule has 1 aromatic heterocycles. The molecule has 3 N–H and O–H groups in total. The number of nitrogens with zero attached hydrogens (tertiary/aromatic N) is 3. The molecular weight excluding hydrogens is 297 g/mol. The molecule has 0 aliphatic carbocycles. The van der Waals surface area contributed by atoms with Crippen molar-refractivity contribution in [2.45, 2.75) is 26.4 Å². The maximum Gasteiger partial charge on any atom is 0.323 e. The number of ether oxygens (including phenoxy) is 1. The highest BCUT2D eigenvalue weighted by Crippen LogP contribution is 2.27. The molecule has 0 fully saturated rings. The first-order valence-corrected chi connectivity index (χ1v) is 7.75. The molecule has 22 heavy (non-hydrogen) atoms. The number of hydrogen-bond donors (Lipinski definition) is 2. The first-order valence-electron chi connectivity index (χ1n) is 7.09. The smallest absolute Gasteiger partial charge is 0.323 e. The molecular formula is C15H22N5OP. The molecule has 7 heteroatoms. The number of nitrogen functional groups attached to an aromatic ring is 1. The van der Waals surface area contributed by atoms with Gasteiger partial charge in [0.2, 0.25) is 11.9 Å². The van der Waals surface area contributed by atoms with Crippen LogP contribution >= 0.6 is 9.24 Å². The molecule has 6 nitrogen and oxygen atoms in total. The third kappa shape index (κ3) is 4.53. The summed E-state index contributed by atoms with van der Waals surface area (Å²) in [4.78, 5) is 12.3. The number of rotatable bonds is 6. The van der Waals surface area contributed by atoms with Crippen molar-refractivity contribution >= 4 is 26.8 Å². The highest BCUT2D eigenvalue weighted by molar-refractivity contribution is 7.17. The minimum Gasteiger partial charge on any atom is -0.463 e. The standard InChI is InChI=1S/C15H22N5OP/c1-10(22)15(2,3)9-21-14-19-12(16)18-13(20-14)17-11-7-5-4-6-8-11/h4-8,10H,9,22H2,1-3H3,(H3,16,17,18,19,20). The Morgan fingerprint density at radius 2 is 1.91 bits per heavy atom. The zero-order valence-electron chi connectivity index (χ0n) is 13.1. The molecule has 2 atom stereocenters. The summed E-state index contributed by atoms with van der Waals surface area (Å²) in [7, 11) is 2.79. The van der Waals surface area contributed by atoms with Gasteiger partial charge < -0.3 is 15.8 Å². The van der Waals surface area contributed by atoms with Gasteiger partial charge in [-0.3, -0.25) is 0 Å². The Morgan fingerprint density at radius 1 is 1.23 bits per heavy atom. The van der Waals surface area contributed by atoms with E-state index in [4.69, 9.17) is 10.5 Å². The van der Waals surface area contributed by atoms with E-state index < -0.39 is 0 Å². The molecule has 0 saturated heterocycles. The number of nitrogens with two attached hydrogens (primary N) is 1. The van der Waals surface area contributed by atoms with E-state index in [1.165, 1.54) is 0 Å². The Labute approximate surface area is 133 Å². The van der Waals surface area contributed by atoms with Gasteiger partial charge in [0.1, 0.15) is 0 Å². The molecule has 1 aromatic carbocycles. The van der Waals surface area contributed by atoms with Crippen molar-refractivity contribution in [1.29, 1.82) is 0 Å². The van der Waals surface area contributed by atoms with Gasteiger partial charge in [-0.2, -0.15) is 15.0 Å². The first-order chi connectivity index (χ1) is 10.4. The fourth-order valence-corrected chi connectivity index (χ4v) is 1.62. The van der Waals surface area contributed by atoms with Crippen LogP contribution in [-0.2, 0) is 0 Å². The van der Waals surface area contributed by atoms with Crippen molar-refractivity contribution in [2.75, 3.05) is 17.7 Å². The van der Waals surface area contributed by atoms with Crippen molar-refractivity contribution in [1.82, 2.24) is 15.0 Å². The SMILES string of the molecule is CC(P)C(C)(C)COc1nc(N)nc(Nc2ccccc2)n1. The van der Waals surface area contributed by atoms with Crippen LogP contribution in [0, 0.1) is 5.41 Å². The third-order valence-electron chi connectivity index (χ3n) is 3.47. The highest BCUT2D eigenvalue weighted by Gasteiger charge is 2.24. The highest BCUT2D eigenvalue weighted by atomic mass is 31.0. The van der Waals surface area contributed by atoms with E-state index in [9.17, 15) is 0 Å². The molecule has 0 aliphatic heterocycles. The van der Waals surface area contributed by atoms with Crippen LogP contribution in [0.25, 0.3) is 0 Å². The van der Waals surface area contributed by atoms with Gasteiger partial charge in [-0.15, -0.1) is 9.24 Å². The van der Waals surface area contributed by atoms with Gasteiger partial charge in [0.15, 0.2) is 0 Å². The summed E-state index contributed by atoms with van der Waals surface area (Å²) >= 11 is 0. The lowest BCUT2D eigenvalue weighted by Crippen LogP contribution is -2.29. The molecule has 0 saturated carbocycles. The number of aromatic nitrogens is 3. The average molecular weight is 319 g/mol. The molecule has 0 spiro atoms. The number of nitrogens with one attached hydrogen (secondary N) is 1. The van der Waals surface area contributed by atoms with Crippen molar-refractivity contribution in [2.24, 2.45) is 5.41 Å². The van der Waals surface area contributed by atoms with Crippen molar-refractivity contribution < 1.29 is 4.74 Å². The fourth-order valence-electron chi connectivity index (χ4n) is 1.53. The van der Waals surface area contributed by atoms with Gasteiger partial charge in [0, 0.05) is 11.1 Å². The number of para-hydroxylation sites is 1. The zero-order valence-corrected chi connectivity index (χ0v) is 14.2. The molecule has 1 heterocycles. The third-order valence-corrected chi connectivity index (χ3v) is 4.37. The van der Waals surface area contributed by atoms with Gasteiger partial charge in [0.25, 0.3) is 0 Å². The molecule has 2 rings (SSSR count). The van der Waals surface area contributed by atoms with Crippen LogP contribution in [0.2, 0.25) is 0 Å². The van der Waals surface area contributed by atoms with Crippen LogP contribution in [0.4, 0.5) is 17.6 Å². The van der Waals surface area contributed by atoms with Crippen molar-refractivity contribution in [3.05, 3.63) is 30.3 Å². The molecule has 0 aliphatic rings. The van der Waals surface area contributed by atoms with Gasteiger partial charge in [-0.1, -0.05) is 39.0 Å². The molecule has 118 valence electrons. The van der Waals surface area contributed by atoms with E-state index in [0.29, 0.717) is 18.2 Å². The maximum atomic E-state index is 5.73. The second-order valence-corrected chi connectivity index (χ2v) is 6.86. The summed E-state index contributed by atoms with van der Waals surface area (Å²) in [6.07, 6.45) is 0. The zero-order chi connectivity index (χ0) is 16.2. The van der Waals surface area contributed by atoms with Crippen molar-refractivity contribution in [3.63, 3.8) is 0 Å². The minimum absolute atomic E-state index is 0.0148. The van der Waals surface area contributed by atoms with Crippen LogP contribution in [0.3, 0.4) is 0 Å². The molecule has 0 radical (unpaired) electrons. The van der Waals surface area contributed by atoms with E-state index in [1.54, 1.807) is 0 Å². The monoisotopic (exact) mass is 319 g/mol. The van der Waals surface area contributed by atoms with Gasteiger partial charge in [-0.05, 0) is 17.8 Å². The Morgan fingerprint density at radius 3 is 2.55 bits per heavy atom. The quantitative estimate of drug-likeness (QED) is 0.796. The van der Waals surface area contributed by atoms with E-state index in [0.717, 1.165) is 5.69 Å². The lowest BCUT2D eigenvalue weighted by Gasteiger charge is -2.28. The van der Waals surface area contributed by atoms with E-state index in [2.05, 4.69) is 50.3 Å². The average Bonchev–Trinajstić information content (AvgIpc) is 2.45. The van der Waals surface area contributed by atoms with E-state index >= 15 is 0 Å². The van der Waals surface area contributed by atoms with Crippen LogP contribution in [-0.4, -0.2) is 27.2 Å². The predicted molar refractivity (Wildman–Crippen MR) is 92.4 cm³/mol. The maximum absolute atomic E-state index is 5.73. The lowest BCUT2D eigenvalue weighted by molar-refractivity contribution is 0.168. The predicted octanol–water partition coefficient (Wildman–Crippen LogP) is 2.87.